The lowest BCUT2D eigenvalue weighted by atomic mass is 9.93. The van der Waals surface area contributed by atoms with E-state index in [2.05, 4.69) is 5.32 Å². The highest BCUT2D eigenvalue weighted by molar-refractivity contribution is 5.91. The van der Waals surface area contributed by atoms with E-state index in [-0.39, 0.29) is 17.9 Å². The Morgan fingerprint density at radius 1 is 1.41 bits per heavy atom. The van der Waals surface area contributed by atoms with Crippen LogP contribution in [0.25, 0.3) is 0 Å². The quantitative estimate of drug-likeness (QED) is 0.814. The molecule has 1 aliphatic rings. The van der Waals surface area contributed by atoms with Crippen molar-refractivity contribution in [2.24, 2.45) is 5.92 Å². The molecule has 2 rings (SSSR count). The van der Waals surface area contributed by atoms with Crippen LogP contribution in [0.1, 0.15) is 44.2 Å². The summed E-state index contributed by atoms with van der Waals surface area (Å²) in [5, 5.41) is 12.8. The molecule has 1 saturated carbocycles. The molecule has 122 valence electrons. The number of benzene rings is 1. The molecule has 0 bridgehead atoms. The van der Waals surface area contributed by atoms with Crippen LogP contribution in [0.4, 0.5) is 0 Å². The van der Waals surface area contributed by atoms with Crippen LogP contribution in [0.15, 0.2) is 18.2 Å². The van der Waals surface area contributed by atoms with Gasteiger partial charge in [0.1, 0.15) is 5.75 Å². The molecule has 1 unspecified atom stereocenters. The highest BCUT2D eigenvalue weighted by Crippen LogP contribution is 2.49. The Hall–Kier alpha value is -1.55. The fraction of sp³-hybridized carbons (Fsp3) is 0.611. The molecule has 4 nitrogen and oxygen atoms in total. The maximum atomic E-state index is 12.5. The van der Waals surface area contributed by atoms with Crippen molar-refractivity contribution in [2.75, 3.05) is 13.7 Å². The number of carbonyl (C=O) groups is 1. The first-order valence-electron chi connectivity index (χ1n) is 8.02. The maximum absolute atomic E-state index is 12.5. The lowest BCUT2D eigenvalue weighted by molar-refractivity contribution is -0.123. The zero-order valence-corrected chi connectivity index (χ0v) is 14.0. The summed E-state index contributed by atoms with van der Waals surface area (Å²) in [6.07, 6.45) is 1.97. The van der Waals surface area contributed by atoms with Gasteiger partial charge >= 0.3 is 0 Å². The van der Waals surface area contributed by atoms with Crippen molar-refractivity contribution >= 4 is 5.91 Å². The van der Waals surface area contributed by atoms with Crippen molar-refractivity contribution in [1.82, 2.24) is 5.32 Å². The van der Waals surface area contributed by atoms with Crippen LogP contribution in [0.5, 0.6) is 5.75 Å². The van der Waals surface area contributed by atoms with Gasteiger partial charge in [-0.1, -0.05) is 26.0 Å². The monoisotopic (exact) mass is 305 g/mol. The van der Waals surface area contributed by atoms with Crippen molar-refractivity contribution in [3.05, 3.63) is 29.3 Å². The average molecular weight is 305 g/mol. The predicted molar refractivity (Wildman–Crippen MR) is 87.1 cm³/mol. The number of hydrogen-bond acceptors (Lipinski definition) is 3. The van der Waals surface area contributed by atoms with Gasteiger partial charge in [-0.05, 0) is 49.3 Å². The van der Waals surface area contributed by atoms with Crippen molar-refractivity contribution in [2.45, 2.75) is 51.6 Å². The normalized spacial score (nSPS) is 17.2. The van der Waals surface area contributed by atoms with Crippen LogP contribution in [0, 0.1) is 12.8 Å². The van der Waals surface area contributed by atoms with Gasteiger partial charge < -0.3 is 15.2 Å². The molecule has 1 fully saturated rings. The molecule has 1 atom stereocenters. The summed E-state index contributed by atoms with van der Waals surface area (Å²) in [6, 6.07) is 6.00. The lowest BCUT2D eigenvalue weighted by Gasteiger charge is -2.19. The molecule has 0 saturated heterocycles. The molecule has 4 heteroatoms. The molecular formula is C18H27NO3. The summed E-state index contributed by atoms with van der Waals surface area (Å²) in [6.45, 7) is 6.47. The van der Waals surface area contributed by atoms with E-state index in [0.717, 1.165) is 29.7 Å². The van der Waals surface area contributed by atoms with E-state index in [0.29, 0.717) is 13.0 Å². The number of hydrogen-bond donors (Lipinski definition) is 2. The van der Waals surface area contributed by atoms with Crippen molar-refractivity contribution in [3.8, 4) is 5.75 Å². The third-order valence-electron chi connectivity index (χ3n) is 4.64. The smallest absolute Gasteiger partial charge is 0.230 e. The van der Waals surface area contributed by atoms with Crippen LogP contribution in [-0.2, 0) is 10.2 Å². The Kier molecular flexibility index (Phi) is 5.12. The SMILES string of the molecule is COc1cc(C2(C(=O)NCCC(O)C(C)C)CC2)ccc1C. The van der Waals surface area contributed by atoms with E-state index in [1.54, 1.807) is 7.11 Å². The van der Waals surface area contributed by atoms with E-state index in [4.69, 9.17) is 4.74 Å². The first-order chi connectivity index (χ1) is 10.4. The zero-order chi connectivity index (χ0) is 16.3. The van der Waals surface area contributed by atoms with E-state index >= 15 is 0 Å². The highest BCUT2D eigenvalue weighted by atomic mass is 16.5. The number of aryl methyl sites for hydroxylation is 1. The topological polar surface area (TPSA) is 58.6 Å². The van der Waals surface area contributed by atoms with Crippen LogP contribution in [-0.4, -0.2) is 30.8 Å². The van der Waals surface area contributed by atoms with Gasteiger partial charge in [-0.2, -0.15) is 0 Å². The van der Waals surface area contributed by atoms with Gasteiger partial charge in [0.25, 0.3) is 0 Å². The molecule has 0 heterocycles. The van der Waals surface area contributed by atoms with E-state index < -0.39 is 5.41 Å². The minimum Gasteiger partial charge on any atom is -0.496 e. The molecule has 2 N–H and O–H groups in total. The molecule has 1 aliphatic carbocycles. The second-order valence-corrected chi connectivity index (χ2v) is 6.62. The summed E-state index contributed by atoms with van der Waals surface area (Å²) < 4.78 is 5.36. The summed E-state index contributed by atoms with van der Waals surface area (Å²) >= 11 is 0. The molecule has 22 heavy (non-hydrogen) atoms. The Morgan fingerprint density at radius 3 is 2.64 bits per heavy atom. The number of aliphatic hydroxyl groups excluding tert-OH is 1. The summed E-state index contributed by atoms with van der Waals surface area (Å²) in [7, 11) is 1.65. The maximum Gasteiger partial charge on any atom is 0.230 e. The molecular weight excluding hydrogens is 278 g/mol. The number of amides is 1. The van der Waals surface area contributed by atoms with E-state index in [1.165, 1.54) is 0 Å². The van der Waals surface area contributed by atoms with E-state index in [1.807, 2.05) is 39.0 Å². The summed E-state index contributed by atoms with van der Waals surface area (Å²) in [5.41, 5.74) is 1.70. The van der Waals surface area contributed by atoms with Crippen LogP contribution < -0.4 is 10.1 Å². The highest BCUT2D eigenvalue weighted by Gasteiger charge is 2.51. The second-order valence-electron chi connectivity index (χ2n) is 6.62. The molecule has 0 radical (unpaired) electrons. The third kappa shape index (κ3) is 3.43. The third-order valence-corrected chi connectivity index (χ3v) is 4.64. The van der Waals surface area contributed by atoms with E-state index in [9.17, 15) is 9.90 Å². The van der Waals surface area contributed by atoms with Crippen LogP contribution in [0.2, 0.25) is 0 Å². The number of nitrogens with one attached hydrogen (secondary N) is 1. The molecule has 1 aromatic carbocycles. The minimum absolute atomic E-state index is 0.0642. The number of ether oxygens (including phenoxy) is 1. The summed E-state index contributed by atoms with van der Waals surface area (Å²) in [4.78, 5) is 12.5. The van der Waals surface area contributed by atoms with Gasteiger partial charge in [0.05, 0.1) is 18.6 Å². The predicted octanol–water partition coefficient (Wildman–Crippen LogP) is 2.56. The number of carbonyl (C=O) groups excluding carboxylic acids is 1. The first-order valence-corrected chi connectivity index (χ1v) is 8.02. The van der Waals surface area contributed by atoms with Gasteiger partial charge in [0, 0.05) is 6.54 Å². The van der Waals surface area contributed by atoms with Crippen molar-refractivity contribution in [1.29, 1.82) is 0 Å². The van der Waals surface area contributed by atoms with Gasteiger partial charge in [-0.25, -0.2) is 0 Å². The van der Waals surface area contributed by atoms with Crippen molar-refractivity contribution < 1.29 is 14.6 Å². The van der Waals surface area contributed by atoms with Gasteiger partial charge in [0.15, 0.2) is 0 Å². The fourth-order valence-corrected chi connectivity index (χ4v) is 2.73. The first kappa shape index (κ1) is 16.8. The van der Waals surface area contributed by atoms with Gasteiger partial charge in [0.2, 0.25) is 5.91 Å². The standard InChI is InChI=1S/C18H27NO3/c1-12(2)15(20)7-10-19-17(21)18(8-9-18)14-6-5-13(3)16(11-14)22-4/h5-6,11-12,15,20H,7-10H2,1-4H3,(H,19,21). The summed E-state index contributed by atoms with van der Waals surface area (Å²) in [5.74, 6) is 1.11. The molecule has 1 amide bonds. The second kappa shape index (κ2) is 6.69. The molecule has 0 spiro atoms. The van der Waals surface area contributed by atoms with Crippen molar-refractivity contribution in [3.63, 3.8) is 0 Å². The molecule has 0 aliphatic heterocycles. The Bertz CT molecular complexity index is 535. The number of rotatable bonds is 7. The Labute approximate surface area is 132 Å². The van der Waals surface area contributed by atoms with Gasteiger partial charge in [-0.15, -0.1) is 0 Å². The largest absolute Gasteiger partial charge is 0.496 e. The molecule has 0 aromatic heterocycles. The zero-order valence-electron chi connectivity index (χ0n) is 14.0. The Morgan fingerprint density at radius 2 is 2.09 bits per heavy atom. The Balaban J connectivity index is 2.00. The lowest BCUT2D eigenvalue weighted by Crippen LogP contribution is -2.36. The minimum atomic E-state index is -0.399. The average Bonchev–Trinajstić information content (AvgIpc) is 3.29. The van der Waals surface area contributed by atoms with Crippen LogP contribution in [0.3, 0.4) is 0 Å². The van der Waals surface area contributed by atoms with Gasteiger partial charge in [-0.3, -0.25) is 4.79 Å². The van der Waals surface area contributed by atoms with Crippen LogP contribution >= 0.6 is 0 Å². The molecule has 1 aromatic rings. The fourth-order valence-electron chi connectivity index (χ4n) is 2.73. The number of methoxy groups -OCH3 is 1. The number of aliphatic hydroxyl groups is 1.